The molecule has 3 heterocycles. The highest BCUT2D eigenvalue weighted by Crippen LogP contribution is 2.23. The second kappa shape index (κ2) is 7.23. The first kappa shape index (κ1) is 17.7. The van der Waals surface area contributed by atoms with Crippen LogP contribution in [0.25, 0.3) is 5.69 Å². The smallest absolute Gasteiger partial charge is 0.338 e. The number of esters is 1. The van der Waals surface area contributed by atoms with Crippen LogP contribution in [0.2, 0.25) is 0 Å². The average molecular weight is 383 g/mol. The lowest BCUT2D eigenvalue weighted by molar-refractivity contribution is 0.0535. The molecule has 0 saturated carbocycles. The largest absolute Gasteiger partial charge is 0.457 e. The number of ether oxygens (including phenoxy) is 1. The van der Waals surface area contributed by atoms with E-state index in [2.05, 4.69) is 23.1 Å². The highest BCUT2D eigenvalue weighted by atomic mass is 16.5. The van der Waals surface area contributed by atoms with E-state index in [0.29, 0.717) is 12.2 Å². The number of hydrogen-bond acceptors (Lipinski definition) is 4. The molecular weight excluding hydrogens is 362 g/mol. The van der Waals surface area contributed by atoms with Crippen molar-refractivity contribution < 1.29 is 9.53 Å². The Morgan fingerprint density at radius 1 is 1.14 bits per heavy atom. The molecule has 0 saturated heterocycles. The highest BCUT2D eigenvalue weighted by molar-refractivity contribution is 5.93. The molecule has 0 fully saturated rings. The van der Waals surface area contributed by atoms with Gasteiger partial charge in [-0.15, -0.1) is 6.42 Å². The van der Waals surface area contributed by atoms with Gasteiger partial charge in [0, 0.05) is 48.9 Å². The van der Waals surface area contributed by atoms with Gasteiger partial charge in [0.25, 0.3) is 0 Å². The van der Waals surface area contributed by atoms with Crippen LogP contribution < -0.4 is 0 Å². The normalized spacial score (nSPS) is 15.5. The van der Waals surface area contributed by atoms with E-state index in [-0.39, 0.29) is 5.97 Å². The minimum absolute atomic E-state index is 0.207. The number of aromatic nitrogens is 2. The molecule has 5 nitrogen and oxygen atoms in total. The first-order valence-corrected chi connectivity index (χ1v) is 9.85. The number of carbonyl (C=O) groups excluding carboxylic acids is 1. The van der Waals surface area contributed by atoms with Crippen LogP contribution in [0.4, 0.5) is 0 Å². The summed E-state index contributed by atoms with van der Waals surface area (Å²) < 4.78 is 7.05. The maximum Gasteiger partial charge on any atom is 0.338 e. The van der Waals surface area contributed by atoms with Crippen molar-refractivity contribution in [3.63, 3.8) is 0 Å². The van der Waals surface area contributed by atoms with Crippen LogP contribution in [-0.2, 0) is 30.7 Å². The van der Waals surface area contributed by atoms with Crippen molar-refractivity contribution in [1.29, 1.82) is 0 Å². The number of nitrogens with zero attached hydrogens (tertiary/aromatic N) is 3. The van der Waals surface area contributed by atoms with Crippen LogP contribution in [-0.4, -0.2) is 33.7 Å². The number of hydrogen-bond donors (Lipinski definition) is 0. The Morgan fingerprint density at radius 3 is 2.83 bits per heavy atom. The van der Waals surface area contributed by atoms with Crippen molar-refractivity contribution in [3.05, 3.63) is 82.2 Å². The fourth-order valence-corrected chi connectivity index (χ4v) is 4.03. The van der Waals surface area contributed by atoms with E-state index in [4.69, 9.17) is 16.3 Å². The van der Waals surface area contributed by atoms with E-state index in [1.54, 1.807) is 0 Å². The van der Waals surface area contributed by atoms with Gasteiger partial charge in [0.15, 0.2) is 0 Å². The summed E-state index contributed by atoms with van der Waals surface area (Å²) >= 11 is 0. The van der Waals surface area contributed by atoms with Gasteiger partial charge in [0.2, 0.25) is 0 Å². The molecule has 0 atom stereocenters. The minimum Gasteiger partial charge on any atom is -0.457 e. The fraction of sp³-hybridized carbons (Fsp3) is 0.250. The molecule has 2 aliphatic rings. The second-order valence-electron chi connectivity index (χ2n) is 7.58. The highest BCUT2D eigenvalue weighted by Gasteiger charge is 2.22. The Balaban J connectivity index is 1.25. The Morgan fingerprint density at radius 2 is 2.00 bits per heavy atom. The molecule has 3 aromatic rings. The van der Waals surface area contributed by atoms with Gasteiger partial charge in [-0.3, -0.25) is 4.90 Å². The van der Waals surface area contributed by atoms with E-state index >= 15 is 0 Å². The summed E-state index contributed by atoms with van der Waals surface area (Å²) in [6.45, 7) is 3.29. The summed E-state index contributed by atoms with van der Waals surface area (Å²) in [6, 6.07) is 13.9. The zero-order valence-electron chi connectivity index (χ0n) is 16.1. The maximum atomic E-state index is 11.6. The second-order valence-corrected chi connectivity index (χ2v) is 7.58. The van der Waals surface area contributed by atoms with Crippen molar-refractivity contribution >= 4 is 5.97 Å². The molecule has 29 heavy (non-hydrogen) atoms. The molecule has 0 unspecified atom stereocenters. The molecule has 2 aromatic carbocycles. The first-order chi connectivity index (χ1) is 14.2. The Bertz CT molecular complexity index is 1120. The zero-order chi connectivity index (χ0) is 19.8. The van der Waals surface area contributed by atoms with E-state index in [1.807, 2.05) is 41.1 Å². The molecule has 1 aromatic heterocycles. The number of cyclic esters (lactones) is 1. The van der Waals surface area contributed by atoms with Gasteiger partial charge in [-0.1, -0.05) is 18.1 Å². The van der Waals surface area contributed by atoms with E-state index in [9.17, 15) is 4.79 Å². The lowest BCUT2D eigenvalue weighted by atomic mass is 10.0. The van der Waals surface area contributed by atoms with Gasteiger partial charge in [0.05, 0.1) is 16.9 Å². The molecular formula is C24H21N3O2. The van der Waals surface area contributed by atoms with E-state index in [1.165, 1.54) is 16.8 Å². The summed E-state index contributed by atoms with van der Waals surface area (Å²) in [5.41, 5.74) is 7.32. The summed E-state index contributed by atoms with van der Waals surface area (Å²) in [7, 11) is 0. The first-order valence-electron chi connectivity index (χ1n) is 9.85. The SMILES string of the molecule is C#Cc1ccc(-n2cc3c(n2)CCN(CCc2ccc4c(c2)COC4=O)C3)cc1. The molecule has 5 rings (SSSR count). The van der Waals surface area contributed by atoms with Crippen molar-refractivity contribution in [2.24, 2.45) is 0 Å². The van der Waals surface area contributed by atoms with Crippen molar-refractivity contribution in [2.75, 3.05) is 13.1 Å². The van der Waals surface area contributed by atoms with Gasteiger partial charge in [-0.2, -0.15) is 5.10 Å². The lowest BCUT2D eigenvalue weighted by Crippen LogP contribution is -2.31. The topological polar surface area (TPSA) is 47.4 Å². The standard InChI is InChI=1S/C24H21N3O2/c1-2-17-3-6-21(7-4-17)27-15-20-14-26(12-10-23(20)25-27)11-9-18-5-8-22-19(13-18)16-29-24(22)28/h1,3-8,13,15H,9-12,14,16H2. The molecule has 144 valence electrons. The molecule has 0 bridgehead atoms. The van der Waals surface area contributed by atoms with Gasteiger partial charge in [-0.25, -0.2) is 9.48 Å². The quantitative estimate of drug-likeness (QED) is 0.513. The van der Waals surface area contributed by atoms with E-state index in [0.717, 1.165) is 49.3 Å². The number of rotatable bonds is 4. The predicted molar refractivity (Wildman–Crippen MR) is 110 cm³/mol. The molecule has 0 spiro atoms. The van der Waals surface area contributed by atoms with Crippen LogP contribution >= 0.6 is 0 Å². The Kier molecular flexibility index (Phi) is 4.42. The van der Waals surface area contributed by atoms with Crippen LogP contribution in [0.5, 0.6) is 0 Å². The number of carbonyl (C=O) groups is 1. The number of fused-ring (bicyclic) bond motifs is 2. The molecule has 5 heteroatoms. The van der Waals surface area contributed by atoms with Crippen LogP contribution in [0.3, 0.4) is 0 Å². The summed E-state index contributed by atoms with van der Waals surface area (Å²) in [4.78, 5) is 14.1. The molecule has 0 N–H and O–H groups in total. The summed E-state index contributed by atoms with van der Waals surface area (Å²) in [5.74, 6) is 2.44. The lowest BCUT2D eigenvalue weighted by Gasteiger charge is -2.25. The van der Waals surface area contributed by atoms with Crippen LogP contribution in [0.15, 0.2) is 48.7 Å². The number of benzene rings is 2. The van der Waals surface area contributed by atoms with Crippen LogP contribution in [0, 0.1) is 12.3 Å². The van der Waals surface area contributed by atoms with Gasteiger partial charge >= 0.3 is 5.97 Å². The fourth-order valence-electron chi connectivity index (χ4n) is 4.03. The van der Waals surface area contributed by atoms with Crippen molar-refractivity contribution in [2.45, 2.75) is 26.0 Å². The molecule has 0 aliphatic carbocycles. The van der Waals surface area contributed by atoms with Crippen molar-refractivity contribution in [3.8, 4) is 18.0 Å². The van der Waals surface area contributed by atoms with Crippen molar-refractivity contribution in [1.82, 2.24) is 14.7 Å². The monoisotopic (exact) mass is 383 g/mol. The third-order valence-corrected chi connectivity index (χ3v) is 5.70. The molecule has 0 radical (unpaired) electrons. The van der Waals surface area contributed by atoms with Gasteiger partial charge in [0.1, 0.15) is 6.61 Å². The molecule has 2 aliphatic heterocycles. The predicted octanol–water partition coefficient (Wildman–Crippen LogP) is 3.12. The average Bonchev–Trinajstić information content (AvgIpc) is 3.35. The minimum atomic E-state index is -0.207. The third kappa shape index (κ3) is 3.43. The summed E-state index contributed by atoms with van der Waals surface area (Å²) in [5, 5.41) is 4.77. The van der Waals surface area contributed by atoms with Gasteiger partial charge < -0.3 is 4.74 Å². The van der Waals surface area contributed by atoms with Gasteiger partial charge in [-0.05, 0) is 42.3 Å². The maximum absolute atomic E-state index is 11.6. The Hall–Kier alpha value is -3.36. The summed E-state index contributed by atoms with van der Waals surface area (Å²) in [6.07, 6.45) is 9.48. The Labute approximate surface area is 169 Å². The third-order valence-electron chi connectivity index (χ3n) is 5.70. The van der Waals surface area contributed by atoms with E-state index < -0.39 is 0 Å². The van der Waals surface area contributed by atoms with Crippen LogP contribution in [0.1, 0.15) is 38.3 Å². The number of terminal acetylenes is 1. The zero-order valence-corrected chi connectivity index (χ0v) is 16.1. The molecule has 0 amide bonds.